The van der Waals surface area contributed by atoms with E-state index in [4.69, 9.17) is 0 Å². The van der Waals surface area contributed by atoms with Crippen LogP contribution in [-0.4, -0.2) is 26.7 Å². The summed E-state index contributed by atoms with van der Waals surface area (Å²) in [5.74, 6) is 1.55. The molecule has 0 radical (unpaired) electrons. The number of carbonyl (C=O) groups is 1. The topological polar surface area (TPSA) is 96.6 Å². The van der Waals surface area contributed by atoms with Crippen LogP contribution in [0.5, 0.6) is 0 Å². The number of hydrogen-bond donors (Lipinski definition) is 2. The van der Waals surface area contributed by atoms with Crippen LogP contribution in [0.4, 0.5) is 0 Å². The lowest BCUT2D eigenvalue weighted by Crippen LogP contribution is -2.37. The van der Waals surface area contributed by atoms with Crippen LogP contribution in [0.1, 0.15) is 43.4 Å². The second-order valence-electron chi connectivity index (χ2n) is 8.60. The van der Waals surface area contributed by atoms with Crippen LogP contribution in [0.2, 0.25) is 0 Å². The van der Waals surface area contributed by atoms with E-state index in [2.05, 4.69) is 15.7 Å². The van der Waals surface area contributed by atoms with Crippen molar-refractivity contribution in [3.8, 4) is 0 Å². The maximum Gasteiger partial charge on any atom is 0.294 e. The van der Waals surface area contributed by atoms with Crippen LogP contribution < -0.4 is 11.0 Å². The summed E-state index contributed by atoms with van der Waals surface area (Å²) in [6.07, 6.45) is 5.20. The smallest absolute Gasteiger partial charge is 0.294 e. The van der Waals surface area contributed by atoms with Gasteiger partial charge >= 0.3 is 0 Å². The Morgan fingerprint density at radius 3 is 2.48 bits per heavy atom. The molecule has 2 bridgehead atoms. The molecule has 1 heterocycles. The average molecular weight is 416 g/mol. The van der Waals surface area contributed by atoms with Crippen molar-refractivity contribution in [2.75, 3.05) is 5.43 Å². The molecule has 0 saturated heterocycles. The summed E-state index contributed by atoms with van der Waals surface area (Å²) in [5.41, 5.74) is 3.47. The predicted octanol–water partition coefficient (Wildman–Crippen LogP) is 3.52. The van der Waals surface area contributed by atoms with Crippen LogP contribution in [0.25, 0.3) is 10.8 Å². The molecule has 0 aliphatic heterocycles. The van der Waals surface area contributed by atoms with E-state index in [0.29, 0.717) is 40.3 Å². The fraction of sp³-hybridized carbons (Fsp3) is 0.333. The van der Waals surface area contributed by atoms with E-state index in [1.54, 1.807) is 36.4 Å². The van der Waals surface area contributed by atoms with Gasteiger partial charge in [-0.3, -0.25) is 9.59 Å². The molecule has 3 atom stereocenters. The lowest BCUT2D eigenvalue weighted by Gasteiger charge is -2.21. The molecule has 0 spiro atoms. The lowest BCUT2D eigenvalue weighted by atomic mass is 9.86. The van der Waals surface area contributed by atoms with Gasteiger partial charge in [0, 0.05) is 17.4 Å². The van der Waals surface area contributed by atoms with Crippen molar-refractivity contribution in [2.45, 2.75) is 32.1 Å². The predicted molar refractivity (Wildman–Crippen MR) is 118 cm³/mol. The molecule has 5 rings (SSSR count). The molecule has 2 N–H and O–H groups in total. The number of carbonyl (C=O) groups excluding carboxylic acids is 1. The van der Waals surface area contributed by atoms with Gasteiger partial charge in [0.25, 0.3) is 5.56 Å². The first-order chi connectivity index (χ1) is 15.1. The van der Waals surface area contributed by atoms with Crippen molar-refractivity contribution < 1.29 is 10.0 Å². The van der Waals surface area contributed by atoms with Gasteiger partial charge < -0.3 is 5.21 Å². The molecule has 2 aliphatic rings. The average Bonchev–Trinajstić information content (AvgIpc) is 3.41. The molecule has 1 amide bonds. The van der Waals surface area contributed by atoms with E-state index in [-0.39, 0.29) is 11.6 Å². The van der Waals surface area contributed by atoms with E-state index in [1.807, 2.05) is 18.2 Å². The van der Waals surface area contributed by atoms with Gasteiger partial charge in [-0.2, -0.15) is 0 Å². The van der Waals surface area contributed by atoms with Crippen molar-refractivity contribution in [2.24, 2.45) is 22.9 Å². The maximum absolute atomic E-state index is 13.0. The van der Waals surface area contributed by atoms with Gasteiger partial charge in [0.05, 0.1) is 5.39 Å². The number of aromatic nitrogens is 2. The SMILES string of the molecule is O=C(C[C@H]1C[C@@H]2CC[C@H]1C2)Nn1nc(/C(=N\O)c2ccccc2)c2ccccc2c1=O. The van der Waals surface area contributed by atoms with Crippen LogP contribution in [0.3, 0.4) is 0 Å². The number of benzene rings is 2. The Morgan fingerprint density at radius 2 is 1.81 bits per heavy atom. The van der Waals surface area contributed by atoms with Crippen molar-refractivity contribution in [3.63, 3.8) is 0 Å². The maximum atomic E-state index is 13.0. The summed E-state index contributed by atoms with van der Waals surface area (Å²) in [6, 6.07) is 16.1. The first-order valence-corrected chi connectivity index (χ1v) is 10.7. The molecule has 2 aliphatic carbocycles. The van der Waals surface area contributed by atoms with Gasteiger partial charge in [0.1, 0.15) is 11.4 Å². The van der Waals surface area contributed by atoms with E-state index < -0.39 is 5.56 Å². The Hall–Kier alpha value is -3.48. The zero-order valence-corrected chi connectivity index (χ0v) is 17.1. The summed E-state index contributed by atoms with van der Waals surface area (Å²) in [4.78, 5) is 26.8. The van der Waals surface area contributed by atoms with Crippen molar-refractivity contribution in [1.82, 2.24) is 9.89 Å². The highest BCUT2D eigenvalue weighted by molar-refractivity contribution is 6.17. The highest BCUT2D eigenvalue weighted by Gasteiger charge is 2.40. The van der Waals surface area contributed by atoms with E-state index in [1.165, 1.54) is 19.3 Å². The Labute approximate surface area is 179 Å². The Bertz CT molecular complexity index is 1220. The summed E-state index contributed by atoms with van der Waals surface area (Å²) >= 11 is 0. The molecular formula is C24H24N4O3. The first-order valence-electron chi connectivity index (χ1n) is 10.7. The summed E-state index contributed by atoms with van der Waals surface area (Å²) in [7, 11) is 0. The number of rotatable bonds is 5. The van der Waals surface area contributed by atoms with Gasteiger partial charge in [0.2, 0.25) is 5.91 Å². The quantitative estimate of drug-likeness (QED) is 0.378. The van der Waals surface area contributed by atoms with Crippen LogP contribution >= 0.6 is 0 Å². The van der Waals surface area contributed by atoms with Crippen molar-refractivity contribution >= 4 is 22.4 Å². The summed E-state index contributed by atoms with van der Waals surface area (Å²) < 4.78 is 0. The molecule has 2 saturated carbocycles. The molecule has 7 nitrogen and oxygen atoms in total. The third-order valence-electron chi connectivity index (χ3n) is 6.74. The van der Waals surface area contributed by atoms with E-state index >= 15 is 0 Å². The zero-order valence-electron chi connectivity index (χ0n) is 17.1. The minimum absolute atomic E-state index is 0.212. The lowest BCUT2D eigenvalue weighted by molar-refractivity contribution is -0.118. The highest BCUT2D eigenvalue weighted by Crippen LogP contribution is 2.49. The number of fused-ring (bicyclic) bond motifs is 3. The Balaban J connectivity index is 1.51. The number of hydrogen-bond acceptors (Lipinski definition) is 5. The largest absolute Gasteiger partial charge is 0.410 e. The Morgan fingerprint density at radius 1 is 1.06 bits per heavy atom. The normalized spacial score (nSPS) is 22.7. The first kappa shape index (κ1) is 19.5. The fourth-order valence-electron chi connectivity index (χ4n) is 5.31. The van der Waals surface area contributed by atoms with E-state index in [0.717, 1.165) is 17.1 Å². The van der Waals surface area contributed by atoms with Crippen LogP contribution in [0.15, 0.2) is 64.5 Å². The van der Waals surface area contributed by atoms with Gasteiger partial charge in [-0.1, -0.05) is 60.1 Å². The fourth-order valence-corrected chi connectivity index (χ4v) is 5.31. The molecular weight excluding hydrogens is 392 g/mol. The summed E-state index contributed by atoms with van der Waals surface area (Å²) in [6.45, 7) is 0. The van der Waals surface area contributed by atoms with Gasteiger partial charge in [-0.15, -0.1) is 9.89 Å². The van der Waals surface area contributed by atoms with Crippen LogP contribution in [-0.2, 0) is 4.79 Å². The monoisotopic (exact) mass is 416 g/mol. The molecule has 2 aromatic carbocycles. The zero-order chi connectivity index (χ0) is 21.4. The molecule has 0 unspecified atom stereocenters. The Kier molecular flexibility index (Phi) is 5.02. The molecule has 3 aromatic rings. The third kappa shape index (κ3) is 3.60. The number of oxime groups is 1. The van der Waals surface area contributed by atoms with E-state index in [9.17, 15) is 14.8 Å². The molecule has 7 heteroatoms. The number of nitrogens with zero attached hydrogens (tertiary/aromatic N) is 3. The molecule has 2 fully saturated rings. The van der Waals surface area contributed by atoms with Crippen molar-refractivity contribution in [1.29, 1.82) is 0 Å². The minimum atomic E-state index is -0.411. The van der Waals surface area contributed by atoms with Gasteiger partial charge in [-0.05, 0) is 43.1 Å². The number of amides is 1. The minimum Gasteiger partial charge on any atom is -0.410 e. The molecule has 31 heavy (non-hydrogen) atoms. The number of nitrogens with one attached hydrogen (secondary N) is 1. The van der Waals surface area contributed by atoms with Gasteiger partial charge in [0.15, 0.2) is 0 Å². The van der Waals surface area contributed by atoms with Crippen molar-refractivity contribution in [3.05, 3.63) is 76.2 Å². The second kappa shape index (κ2) is 7.98. The van der Waals surface area contributed by atoms with Crippen LogP contribution in [0, 0.1) is 17.8 Å². The van der Waals surface area contributed by atoms with Gasteiger partial charge in [-0.25, -0.2) is 5.43 Å². The second-order valence-corrected chi connectivity index (χ2v) is 8.60. The summed E-state index contributed by atoms with van der Waals surface area (Å²) in [5, 5.41) is 18.6. The molecule has 158 valence electrons. The standard InChI is InChI=1S/C24H24N4O3/c29-21(14-18-13-15-10-11-17(18)12-15)25-28-24(30)20-9-5-4-8-19(20)23(26-28)22(27-31)16-6-2-1-3-7-16/h1-9,15,17-18,31H,10-14H2,(H,25,29)/b27-22-/t15-,17+,18-/m1/s1. The third-order valence-corrected chi connectivity index (χ3v) is 6.74. The highest BCUT2D eigenvalue weighted by atomic mass is 16.4. The molecule has 1 aromatic heterocycles.